The zero-order valence-electron chi connectivity index (χ0n) is 16.5. The Balaban J connectivity index is 1.55. The molecule has 0 N–H and O–H groups in total. The van der Waals surface area contributed by atoms with Crippen molar-refractivity contribution in [3.8, 4) is 5.75 Å². The predicted molar refractivity (Wildman–Crippen MR) is 109 cm³/mol. The Morgan fingerprint density at radius 3 is 2.57 bits per heavy atom. The highest BCUT2D eigenvalue weighted by Crippen LogP contribution is 2.49. The summed E-state index contributed by atoms with van der Waals surface area (Å²) in [7, 11) is 1.76. The van der Waals surface area contributed by atoms with E-state index in [2.05, 4.69) is 33.0 Å². The van der Waals surface area contributed by atoms with Crippen LogP contribution in [0.5, 0.6) is 5.75 Å². The Kier molecular flexibility index (Phi) is 4.35. The van der Waals surface area contributed by atoms with Gasteiger partial charge in [-0.05, 0) is 57.0 Å². The molecule has 4 fully saturated rings. The van der Waals surface area contributed by atoms with Crippen LogP contribution in [0.15, 0.2) is 42.6 Å². The van der Waals surface area contributed by atoms with Crippen molar-refractivity contribution in [1.29, 1.82) is 0 Å². The SMILES string of the molecule is COc1ccccc1[C@H]1CN(c2ccc(C(C)=O)cn2)[C@@H]2C3CCN(CC3)[C@H]12. The van der Waals surface area contributed by atoms with Gasteiger partial charge in [0.15, 0.2) is 5.78 Å². The van der Waals surface area contributed by atoms with Crippen LogP contribution < -0.4 is 9.64 Å². The summed E-state index contributed by atoms with van der Waals surface area (Å²) in [6, 6.07) is 13.4. The van der Waals surface area contributed by atoms with Crippen LogP contribution in [0.2, 0.25) is 0 Å². The predicted octanol–water partition coefficient (Wildman–Crippen LogP) is 3.36. The van der Waals surface area contributed by atoms with Gasteiger partial charge in [-0.25, -0.2) is 4.98 Å². The molecular weight excluding hydrogens is 350 g/mol. The second-order valence-electron chi connectivity index (χ2n) is 8.32. The number of methoxy groups -OCH3 is 1. The molecular formula is C23H27N3O2. The smallest absolute Gasteiger partial charge is 0.161 e. The first-order valence-corrected chi connectivity index (χ1v) is 10.3. The summed E-state index contributed by atoms with van der Waals surface area (Å²) in [5, 5.41) is 0. The minimum atomic E-state index is 0.0630. The quantitative estimate of drug-likeness (QED) is 0.765. The fourth-order valence-electron chi connectivity index (χ4n) is 5.69. The first-order chi connectivity index (χ1) is 13.7. The fraction of sp³-hybridized carbons (Fsp3) is 0.478. The molecule has 0 spiro atoms. The normalized spacial score (nSPS) is 30.9. The van der Waals surface area contributed by atoms with Crippen molar-refractivity contribution in [2.24, 2.45) is 5.92 Å². The van der Waals surface area contributed by atoms with Gasteiger partial charge in [0.05, 0.1) is 7.11 Å². The molecule has 146 valence electrons. The zero-order valence-corrected chi connectivity index (χ0v) is 16.5. The number of ketones is 1. The molecule has 0 aliphatic carbocycles. The van der Waals surface area contributed by atoms with E-state index in [0.717, 1.165) is 18.1 Å². The van der Waals surface area contributed by atoms with Crippen LogP contribution >= 0.6 is 0 Å². The van der Waals surface area contributed by atoms with Crippen molar-refractivity contribution in [3.63, 3.8) is 0 Å². The molecule has 28 heavy (non-hydrogen) atoms. The van der Waals surface area contributed by atoms with Gasteiger partial charge in [0, 0.05) is 41.9 Å². The third kappa shape index (κ3) is 2.72. The number of Topliss-reactive ketones (excluding diaryl/α,β-unsaturated/α-hetero) is 1. The molecule has 4 aliphatic rings. The van der Waals surface area contributed by atoms with Crippen molar-refractivity contribution in [3.05, 3.63) is 53.7 Å². The number of para-hydroxylation sites is 1. The lowest BCUT2D eigenvalue weighted by molar-refractivity contribution is 0.0352. The summed E-state index contributed by atoms with van der Waals surface area (Å²) in [5.41, 5.74) is 1.98. The third-order valence-electron chi connectivity index (χ3n) is 6.98. The largest absolute Gasteiger partial charge is 0.496 e. The minimum Gasteiger partial charge on any atom is -0.496 e. The number of carbonyl (C=O) groups is 1. The number of benzene rings is 1. The van der Waals surface area contributed by atoms with Crippen molar-refractivity contribution in [2.75, 3.05) is 31.6 Å². The van der Waals surface area contributed by atoms with Gasteiger partial charge in [0.1, 0.15) is 11.6 Å². The first-order valence-electron chi connectivity index (χ1n) is 10.3. The number of piperidine rings is 3. The molecule has 0 radical (unpaired) electrons. The fourth-order valence-corrected chi connectivity index (χ4v) is 5.69. The molecule has 3 atom stereocenters. The molecule has 0 unspecified atom stereocenters. The number of rotatable bonds is 4. The Morgan fingerprint density at radius 1 is 1.11 bits per heavy atom. The summed E-state index contributed by atoms with van der Waals surface area (Å²) in [6.07, 6.45) is 4.26. The Bertz CT molecular complexity index is 874. The molecule has 1 aromatic heterocycles. The number of fused-ring (bicyclic) bond motifs is 2. The van der Waals surface area contributed by atoms with Crippen molar-refractivity contribution < 1.29 is 9.53 Å². The van der Waals surface area contributed by atoms with Crippen LogP contribution in [0, 0.1) is 5.92 Å². The molecule has 0 saturated carbocycles. The van der Waals surface area contributed by atoms with Crippen molar-refractivity contribution >= 4 is 11.6 Å². The average Bonchev–Trinajstić information content (AvgIpc) is 3.17. The number of pyridine rings is 1. The molecule has 1 aromatic carbocycles. The Labute approximate surface area is 166 Å². The minimum absolute atomic E-state index is 0.0630. The number of hydrogen-bond donors (Lipinski definition) is 0. The van der Waals surface area contributed by atoms with E-state index in [4.69, 9.17) is 4.74 Å². The number of aromatic nitrogens is 1. The maximum Gasteiger partial charge on any atom is 0.161 e. The topological polar surface area (TPSA) is 45.7 Å². The van der Waals surface area contributed by atoms with Gasteiger partial charge in [0.25, 0.3) is 0 Å². The van der Waals surface area contributed by atoms with Gasteiger partial charge < -0.3 is 9.64 Å². The second-order valence-corrected chi connectivity index (χ2v) is 8.32. The van der Waals surface area contributed by atoms with Gasteiger partial charge in [-0.2, -0.15) is 0 Å². The van der Waals surface area contributed by atoms with Gasteiger partial charge in [0.2, 0.25) is 0 Å². The molecule has 2 bridgehead atoms. The number of carbonyl (C=O) groups excluding carboxylic acids is 1. The van der Waals surface area contributed by atoms with Gasteiger partial charge in [-0.1, -0.05) is 18.2 Å². The molecule has 5 heteroatoms. The average molecular weight is 377 g/mol. The first kappa shape index (κ1) is 17.7. The van der Waals surface area contributed by atoms with Gasteiger partial charge >= 0.3 is 0 Å². The monoisotopic (exact) mass is 377 g/mol. The summed E-state index contributed by atoms with van der Waals surface area (Å²) < 4.78 is 5.71. The standard InChI is InChI=1S/C23H27N3O2/c1-15(27)17-7-8-21(24-13-17)26-14-19(18-5-3-4-6-20(18)28-2)23-22(26)16-9-11-25(23)12-10-16/h3-8,13,16,19,22-23H,9-12,14H2,1-2H3/t19-,22-,23-/m1/s1. The number of nitrogens with zero attached hydrogens (tertiary/aromatic N) is 3. The number of ether oxygens (including phenoxy) is 1. The molecule has 5 nitrogen and oxygen atoms in total. The van der Waals surface area contributed by atoms with Crippen LogP contribution in [0.4, 0.5) is 5.82 Å². The Hall–Kier alpha value is -2.40. The second kappa shape index (κ2) is 6.89. The van der Waals surface area contributed by atoms with Crippen LogP contribution in [0.3, 0.4) is 0 Å². The summed E-state index contributed by atoms with van der Waals surface area (Å²) in [5.74, 6) is 3.15. The van der Waals surface area contributed by atoms with Crippen LogP contribution in [-0.4, -0.2) is 54.5 Å². The third-order valence-corrected chi connectivity index (χ3v) is 6.98. The van der Waals surface area contributed by atoms with Crippen molar-refractivity contribution in [2.45, 2.75) is 37.8 Å². The van der Waals surface area contributed by atoms with E-state index in [9.17, 15) is 4.79 Å². The number of hydrogen-bond acceptors (Lipinski definition) is 5. The van der Waals surface area contributed by atoms with E-state index in [0.29, 0.717) is 29.5 Å². The highest BCUT2D eigenvalue weighted by atomic mass is 16.5. The van der Waals surface area contributed by atoms with E-state index >= 15 is 0 Å². The molecule has 6 rings (SSSR count). The summed E-state index contributed by atoms with van der Waals surface area (Å²) in [4.78, 5) is 21.5. The van der Waals surface area contributed by atoms with E-state index < -0.39 is 0 Å². The van der Waals surface area contributed by atoms with E-state index in [1.165, 1.54) is 31.5 Å². The van der Waals surface area contributed by atoms with E-state index in [-0.39, 0.29) is 5.78 Å². The van der Waals surface area contributed by atoms with Crippen LogP contribution in [-0.2, 0) is 0 Å². The van der Waals surface area contributed by atoms with Crippen molar-refractivity contribution in [1.82, 2.24) is 9.88 Å². The lowest BCUT2D eigenvalue weighted by Gasteiger charge is -2.51. The molecule has 2 aromatic rings. The maximum atomic E-state index is 11.6. The maximum absolute atomic E-state index is 11.6. The summed E-state index contributed by atoms with van der Waals surface area (Å²) >= 11 is 0. The van der Waals surface area contributed by atoms with Gasteiger partial charge in [-0.15, -0.1) is 0 Å². The zero-order chi connectivity index (χ0) is 19.3. The van der Waals surface area contributed by atoms with Gasteiger partial charge in [-0.3, -0.25) is 9.69 Å². The molecule has 4 aliphatic heterocycles. The van der Waals surface area contributed by atoms with E-state index in [1.54, 1.807) is 20.2 Å². The molecule has 0 amide bonds. The highest BCUT2D eigenvalue weighted by molar-refractivity contribution is 5.93. The lowest BCUT2D eigenvalue weighted by Crippen LogP contribution is -2.60. The van der Waals surface area contributed by atoms with Crippen LogP contribution in [0.25, 0.3) is 0 Å². The lowest BCUT2D eigenvalue weighted by atomic mass is 9.75. The number of anilines is 1. The molecule has 4 saturated heterocycles. The summed E-state index contributed by atoms with van der Waals surface area (Å²) in [6.45, 7) is 4.92. The Morgan fingerprint density at radius 2 is 1.89 bits per heavy atom. The van der Waals surface area contributed by atoms with E-state index in [1.807, 2.05) is 18.2 Å². The highest BCUT2D eigenvalue weighted by Gasteiger charge is 2.54. The molecule has 5 heterocycles. The van der Waals surface area contributed by atoms with Crippen LogP contribution in [0.1, 0.15) is 41.6 Å².